The van der Waals surface area contributed by atoms with Crippen molar-refractivity contribution in [3.05, 3.63) is 72.6 Å². The molecule has 4 aromatic rings. The highest BCUT2D eigenvalue weighted by Crippen LogP contribution is 2.26. The molecule has 0 aliphatic carbocycles. The van der Waals surface area contributed by atoms with Crippen LogP contribution in [0.2, 0.25) is 0 Å². The Bertz CT molecular complexity index is 1120. The molecule has 1 N–H and O–H groups in total. The van der Waals surface area contributed by atoms with E-state index in [9.17, 15) is 4.79 Å². The first-order valence-electron chi connectivity index (χ1n) is 8.97. The zero-order chi connectivity index (χ0) is 19.5. The molecule has 6 heteroatoms. The lowest BCUT2D eigenvalue weighted by Crippen LogP contribution is -2.12. The average molecular weight is 373 g/mol. The maximum absolute atomic E-state index is 12.6. The molecule has 140 valence electrons. The fourth-order valence-electron chi connectivity index (χ4n) is 2.80. The van der Waals surface area contributed by atoms with Crippen molar-refractivity contribution in [3.8, 4) is 17.2 Å². The molecule has 0 radical (unpaired) electrons. The predicted molar refractivity (Wildman–Crippen MR) is 107 cm³/mol. The zero-order valence-corrected chi connectivity index (χ0v) is 15.5. The molecule has 0 saturated carbocycles. The fourth-order valence-corrected chi connectivity index (χ4v) is 2.80. The number of hydrogen-bond donors (Lipinski definition) is 1. The summed E-state index contributed by atoms with van der Waals surface area (Å²) < 4.78 is 11.4. The number of hydrogen-bond acceptors (Lipinski definition) is 5. The molecule has 0 aliphatic rings. The summed E-state index contributed by atoms with van der Waals surface area (Å²) in [6.07, 6.45) is 3.43. The minimum atomic E-state index is -0.218. The van der Waals surface area contributed by atoms with Crippen LogP contribution in [-0.4, -0.2) is 22.0 Å². The van der Waals surface area contributed by atoms with Crippen LogP contribution in [0.15, 0.2) is 71.4 Å². The van der Waals surface area contributed by atoms with Crippen molar-refractivity contribution < 1.29 is 13.9 Å². The van der Waals surface area contributed by atoms with Crippen molar-refractivity contribution in [1.82, 2.24) is 9.97 Å². The Balaban J connectivity index is 1.55. The van der Waals surface area contributed by atoms with Crippen LogP contribution in [0.25, 0.3) is 22.6 Å². The Morgan fingerprint density at radius 1 is 1.11 bits per heavy atom. The van der Waals surface area contributed by atoms with Gasteiger partial charge in [0.25, 0.3) is 5.91 Å². The van der Waals surface area contributed by atoms with Crippen molar-refractivity contribution in [3.63, 3.8) is 0 Å². The number of nitrogens with zero attached hydrogens (tertiary/aromatic N) is 2. The van der Waals surface area contributed by atoms with Crippen LogP contribution < -0.4 is 10.1 Å². The summed E-state index contributed by atoms with van der Waals surface area (Å²) in [6, 6.07) is 16.2. The molecule has 28 heavy (non-hydrogen) atoms. The van der Waals surface area contributed by atoms with E-state index in [-0.39, 0.29) is 12.0 Å². The third kappa shape index (κ3) is 3.86. The number of carbonyl (C=O) groups excluding carboxylic acids is 1. The highest BCUT2D eigenvalue weighted by molar-refractivity contribution is 6.05. The van der Waals surface area contributed by atoms with Gasteiger partial charge in [-0.05, 0) is 62.4 Å². The molecule has 4 rings (SSSR count). The van der Waals surface area contributed by atoms with Crippen molar-refractivity contribution in [2.75, 3.05) is 5.32 Å². The molecule has 6 nitrogen and oxygen atoms in total. The minimum absolute atomic E-state index is 0.0434. The Morgan fingerprint density at radius 2 is 2.00 bits per heavy atom. The smallest absolute Gasteiger partial charge is 0.255 e. The molecular formula is C22H19N3O3. The van der Waals surface area contributed by atoms with Crippen LogP contribution in [0.4, 0.5) is 5.69 Å². The van der Waals surface area contributed by atoms with Gasteiger partial charge < -0.3 is 14.5 Å². The first kappa shape index (κ1) is 17.7. The molecule has 0 fully saturated rings. The Hall–Kier alpha value is -3.67. The lowest BCUT2D eigenvalue weighted by Gasteiger charge is -2.11. The summed E-state index contributed by atoms with van der Waals surface area (Å²) in [5, 5.41) is 2.89. The van der Waals surface area contributed by atoms with Gasteiger partial charge >= 0.3 is 0 Å². The van der Waals surface area contributed by atoms with Crippen LogP contribution in [-0.2, 0) is 0 Å². The van der Waals surface area contributed by atoms with Gasteiger partial charge in [0, 0.05) is 23.6 Å². The van der Waals surface area contributed by atoms with Gasteiger partial charge in [-0.2, -0.15) is 0 Å². The van der Waals surface area contributed by atoms with Gasteiger partial charge in [-0.3, -0.25) is 9.78 Å². The Morgan fingerprint density at radius 3 is 2.79 bits per heavy atom. The van der Waals surface area contributed by atoms with Gasteiger partial charge in [-0.15, -0.1) is 0 Å². The molecule has 0 aliphatic heterocycles. The molecule has 2 heterocycles. The third-order valence-electron chi connectivity index (χ3n) is 4.02. The van der Waals surface area contributed by atoms with Gasteiger partial charge in [0.1, 0.15) is 11.3 Å². The number of oxazole rings is 1. The summed E-state index contributed by atoms with van der Waals surface area (Å²) in [7, 11) is 0. The summed E-state index contributed by atoms with van der Waals surface area (Å²) in [6.45, 7) is 3.89. The quantitative estimate of drug-likeness (QED) is 0.537. The van der Waals surface area contributed by atoms with E-state index in [1.165, 1.54) is 0 Å². The molecule has 0 atom stereocenters. The first-order chi connectivity index (χ1) is 13.6. The highest BCUT2D eigenvalue weighted by atomic mass is 16.5. The van der Waals surface area contributed by atoms with E-state index >= 15 is 0 Å². The van der Waals surface area contributed by atoms with E-state index in [1.807, 2.05) is 32.0 Å². The maximum atomic E-state index is 12.6. The summed E-state index contributed by atoms with van der Waals surface area (Å²) in [5.74, 6) is 0.936. The Labute approximate surface area is 162 Å². The summed E-state index contributed by atoms with van der Waals surface area (Å²) in [5.41, 5.74) is 3.26. The van der Waals surface area contributed by atoms with Crippen molar-refractivity contribution in [2.45, 2.75) is 20.0 Å². The predicted octanol–water partition coefficient (Wildman–Crippen LogP) is 4.93. The fraction of sp³-hybridized carbons (Fsp3) is 0.136. The van der Waals surface area contributed by atoms with Crippen LogP contribution in [0, 0.1) is 0 Å². The SMILES string of the molecule is CC(C)Oc1cccc(C(=O)Nc2ccc3oc(-c4cccnc4)nc3c2)c1. The molecule has 2 aromatic carbocycles. The maximum Gasteiger partial charge on any atom is 0.255 e. The molecule has 0 saturated heterocycles. The van der Waals surface area contributed by atoms with Gasteiger partial charge in [0.15, 0.2) is 5.58 Å². The van der Waals surface area contributed by atoms with Gasteiger partial charge in [0.05, 0.1) is 11.7 Å². The highest BCUT2D eigenvalue weighted by Gasteiger charge is 2.12. The number of nitrogens with one attached hydrogen (secondary N) is 1. The number of rotatable bonds is 5. The standard InChI is InChI=1S/C22H19N3O3/c1-14(2)27-18-7-3-5-15(11-18)21(26)24-17-8-9-20-19(12-17)25-22(28-20)16-6-4-10-23-13-16/h3-14H,1-2H3,(H,24,26). The largest absolute Gasteiger partial charge is 0.491 e. The molecule has 1 amide bonds. The average Bonchev–Trinajstić information content (AvgIpc) is 3.12. The van der Waals surface area contributed by atoms with Crippen LogP contribution in [0.5, 0.6) is 5.75 Å². The van der Waals surface area contributed by atoms with E-state index in [4.69, 9.17) is 9.15 Å². The second kappa shape index (κ2) is 7.52. The van der Waals surface area contributed by atoms with E-state index < -0.39 is 0 Å². The van der Waals surface area contributed by atoms with E-state index in [1.54, 1.807) is 48.8 Å². The summed E-state index contributed by atoms with van der Waals surface area (Å²) >= 11 is 0. The second-order valence-electron chi connectivity index (χ2n) is 6.59. The number of amides is 1. The number of ether oxygens (including phenoxy) is 1. The molecule has 2 aromatic heterocycles. The van der Waals surface area contributed by atoms with Crippen LogP contribution >= 0.6 is 0 Å². The van der Waals surface area contributed by atoms with Crippen molar-refractivity contribution >= 4 is 22.7 Å². The lowest BCUT2D eigenvalue weighted by atomic mass is 10.2. The number of pyridine rings is 1. The van der Waals surface area contributed by atoms with Crippen molar-refractivity contribution in [2.24, 2.45) is 0 Å². The lowest BCUT2D eigenvalue weighted by molar-refractivity contribution is 0.102. The van der Waals surface area contributed by atoms with Crippen molar-refractivity contribution in [1.29, 1.82) is 0 Å². The van der Waals surface area contributed by atoms with E-state index in [2.05, 4.69) is 15.3 Å². The van der Waals surface area contributed by atoms with Crippen LogP contribution in [0.3, 0.4) is 0 Å². The molecule has 0 spiro atoms. The molecular weight excluding hydrogens is 354 g/mol. The zero-order valence-electron chi connectivity index (χ0n) is 15.5. The third-order valence-corrected chi connectivity index (χ3v) is 4.02. The molecule has 0 unspecified atom stereocenters. The number of anilines is 1. The second-order valence-corrected chi connectivity index (χ2v) is 6.59. The van der Waals surface area contributed by atoms with Gasteiger partial charge in [-0.1, -0.05) is 6.07 Å². The van der Waals surface area contributed by atoms with E-state index in [0.717, 1.165) is 5.56 Å². The Kier molecular flexibility index (Phi) is 4.76. The number of carbonyl (C=O) groups is 1. The number of benzene rings is 2. The minimum Gasteiger partial charge on any atom is -0.491 e. The number of aromatic nitrogens is 2. The van der Waals surface area contributed by atoms with Crippen LogP contribution in [0.1, 0.15) is 24.2 Å². The normalized spacial score (nSPS) is 11.0. The number of fused-ring (bicyclic) bond motifs is 1. The topological polar surface area (TPSA) is 77.2 Å². The molecule has 0 bridgehead atoms. The first-order valence-corrected chi connectivity index (χ1v) is 8.97. The monoisotopic (exact) mass is 373 g/mol. The van der Waals surface area contributed by atoms with E-state index in [0.29, 0.717) is 34.0 Å². The summed E-state index contributed by atoms with van der Waals surface area (Å²) in [4.78, 5) is 21.2. The van der Waals surface area contributed by atoms with Gasteiger partial charge in [-0.25, -0.2) is 4.98 Å². The van der Waals surface area contributed by atoms with Gasteiger partial charge in [0.2, 0.25) is 5.89 Å².